The van der Waals surface area contributed by atoms with Crippen LogP contribution in [0, 0.1) is 29.1 Å². The third-order valence-electron chi connectivity index (χ3n) is 9.63. The normalized spacial score (nSPS) is 36.9. The third kappa shape index (κ3) is 6.25. The maximum absolute atomic E-state index is 12.3. The minimum absolute atomic E-state index is 0.0455. The molecule has 0 radical (unpaired) electrons. The molecule has 0 spiro atoms. The standard InChI is InChI=1S/C32H48O4/c1-5-6-9-31(35)36-30(24-12-13-24)17-10-21(2)27-15-16-28-23(8-7-18-32(27,28)4)11-14-25-19-26(33)20-29(34)22(25)3/h10-11,14,17,21,24,26-30,33-34H,3,5-9,12-13,15-16,18-20H2,1-2,4H3/b17-10+,23-11+,25-14-/t21-,26-,27-,28+,29+,30-,32-/m1/s1. The Morgan fingerprint density at radius 2 is 1.97 bits per heavy atom. The zero-order chi connectivity index (χ0) is 25.9. The smallest absolute Gasteiger partial charge is 0.306 e. The highest BCUT2D eigenvalue weighted by molar-refractivity contribution is 5.69. The lowest BCUT2D eigenvalue weighted by atomic mass is 9.61. The van der Waals surface area contributed by atoms with Gasteiger partial charge in [0.2, 0.25) is 0 Å². The summed E-state index contributed by atoms with van der Waals surface area (Å²) >= 11 is 0. The summed E-state index contributed by atoms with van der Waals surface area (Å²) in [7, 11) is 0. The van der Waals surface area contributed by atoms with Crippen LogP contribution in [0.4, 0.5) is 0 Å². The minimum atomic E-state index is -0.635. The fraction of sp³-hybridized carbons (Fsp3) is 0.719. The first-order valence-corrected chi connectivity index (χ1v) is 14.6. The summed E-state index contributed by atoms with van der Waals surface area (Å²) in [5.74, 6) is 2.13. The van der Waals surface area contributed by atoms with Crippen molar-refractivity contribution in [1.82, 2.24) is 0 Å². The van der Waals surface area contributed by atoms with Crippen LogP contribution in [0.2, 0.25) is 0 Å². The van der Waals surface area contributed by atoms with Gasteiger partial charge >= 0.3 is 5.97 Å². The summed E-state index contributed by atoms with van der Waals surface area (Å²) in [6, 6.07) is 0. The van der Waals surface area contributed by atoms with Crippen molar-refractivity contribution in [2.45, 2.75) is 116 Å². The third-order valence-corrected chi connectivity index (χ3v) is 9.63. The van der Waals surface area contributed by atoms with Crippen LogP contribution in [-0.2, 0) is 9.53 Å². The second-order valence-electron chi connectivity index (χ2n) is 12.3. The van der Waals surface area contributed by atoms with Gasteiger partial charge in [-0.3, -0.25) is 4.79 Å². The fourth-order valence-electron chi connectivity index (χ4n) is 7.28. The van der Waals surface area contributed by atoms with Crippen LogP contribution in [0.5, 0.6) is 0 Å². The van der Waals surface area contributed by atoms with E-state index >= 15 is 0 Å². The van der Waals surface area contributed by atoms with E-state index in [-0.39, 0.29) is 17.5 Å². The number of fused-ring (bicyclic) bond motifs is 1. The molecule has 0 aromatic carbocycles. The molecule has 0 aliphatic heterocycles. The molecule has 4 saturated carbocycles. The number of hydrogen-bond acceptors (Lipinski definition) is 4. The number of unbranched alkanes of at least 4 members (excludes halogenated alkanes) is 1. The van der Waals surface area contributed by atoms with Crippen LogP contribution in [-0.4, -0.2) is 34.5 Å². The van der Waals surface area contributed by atoms with E-state index in [0.717, 1.165) is 43.3 Å². The SMILES string of the molecule is C=C1/C(=C\C=C2/CCC[C@]3(C)[C@@H]([C@H](C)/C=C/[C@@H](OC(=O)CCCC)C4CC4)CC[C@@H]23)C[C@@H](O)C[C@@H]1O. The molecule has 0 heterocycles. The Bertz CT molecular complexity index is 894. The largest absolute Gasteiger partial charge is 0.458 e. The van der Waals surface area contributed by atoms with Gasteiger partial charge < -0.3 is 14.9 Å². The lowest BCUT2D eigenvalue weighted by molar-refractivity contribution is -0.147. The molecular formula is C32H48O4. The summed E-state index contributed by atoms with van der Waals surface area (Å²) in [5.41, 5.74) is 3.56. The number of ether oxygens (including phenoxy) is 1. The molecule has 0 saturated heterocycles. The van der Waals surface area contributed by atoms with Crippen molar-refractivity contribution < 1.29 is 19.7 Å². The lowest BCUT2D eigenvalue weighted by Gasteiger charge is -2.44. The van der Waals surface area contributed by atoms with Gasteiger partial charge in [-0.15, -0.1) is 0 Å². The highest BCUT2D eigenvalue weighted by atomic mass is 16.5. The first kappa shape index (κ1) is 27.4. The molecule has 36 heavy (non-hydrogen) atoms. The first-order chi connectivity index (χ1) is 17.2. The molecule has 0 aromatic rings. The van der Waals surface area contributed by atoms with Crippen molar-refractivity contribution >= 4 is 5.97 Å². The zero-order valence-corrected chi connectivity index (χ0v) is 22.8. The summed E-state index contributed by atoms with van der Waals surface area (Å²) < 4.78 is 5.87. The molecule has 4 rings (SSSR count). The Hall–Kier alpha value is -1.65. The molecule has 4 nitrogen and oxygen atoms in total. The molecule has 4 aliphatic carbocycles. The van der Waals surface area contributed by atoms with Gasteiger partial charge in [0.15, 0.2) is 0 Å². The van der Waals surface area contributed by atoms with E-state index in [2.05, 4.69) is 51.7 Å². The fourth-order valence-corrected chi connectivity index (χ4v) is 7.28. The van der Waals surface area contributed by atoms with Gasteiger partial charge in [-0.25, -0.2) is 0 Å². The monoisotopic (exact) mass is 496 g/mol. The molecule has 0 aromatic heterocycles. The molecule has 4 fully saturated rings. The molecule has 0 amide bonds. The number of carbonyl (C=O) groups excluding carboxylic acids is 1. The average Bonchev–Trinajstić information content (AvgIpc) is 3.62. The van der Waals surface area contributed by atoms with E-state index in [9.17, 15) is 15.0 Å². The van der Waals surface area contributed by atoms with Crippen molar-refractivity contribution in [3.63, 3.8) is 0 Å². The van der Waals surface area contributed by atoms with E-state index in [0.29, 0.717) is 42.9 Å². The molecule has 200 valence electrons. The van der Waals surface area contributed by atoms with E-state index in [1.54, 1.807) is 0 Å². The van der Waals surface area contributed by atoms with Crippen molar-refractivity contribution in [3.05, 3.63) is 47.6 Å². The summed E-state index contributed by atoms with van der Waals surface area (Å²) in [4.78, 5) is 12.3. The summed E-state index contributed by atoms with van der Waals surface area (Å²) in [6.45, 7) is 11.0. The highest BCUT2D eigenvalue weighted by Gasteiger charge is 2.50. The minimum Gasteiger partial charge on any atom is -0.458 e. The van der Waals surface area contributed by atoms with Gasteiger partial charge in [0.1, 0.15) is 6.10 Å². The number of hydrogen-bond donors (Lipinski definition) is 2. The number of rotatable bonds is 9. The van der Waals surface area contributed by atoms with Crippen molar-refractivity contribution in [2.24, 2.45) is 29.1 Å². The van der Waals surface area contributed by atoms with Crippen LogP contribution >= 0.6 is 0 Å². The molecule has 7 atom stereocenters. The number of esters is 1. The summed E-state index contributed by atoms with van der Waals surface area (Å²) in [5, 5.41) is 20.3. The molecule has 0 bridgehead atoms. The Morgan fingerprint density at radius 3 is 2.69 bits per heavy atom. The average molecular weight is 497 g/mol. The van der Waals surface area contributed by atoms with E-state index in [1.807, 2.05) is 0 Å². The van der Waals surface area contributed by atoms with Crippen LogP contribution < -0.4 is 0 Å². The van der Waals surface area contributed by atoms with Gasteiger partial charge in [-0.05, 0) is 104 Å². The predicted octanol–water partition coefficient (Wildman–Crippen LogP) is 6.83. The quantitative estimate of drug-likeness (QED) is 0.271. The second-order valence-corrected chi connectivity index (χ2v) is 12.3. The van der Waals surface area contributed by atoms with Crippen LogP contribution in [0.15, 0.2) is 47.6 Å². The Kier molecular flexibility index (Phi) is 8.99. The Morgan fingerprint density at radius 1 is 1.19 bits per heavy atom. The Balaban J connectivity index is 1.43. The summed E-state index contributed by atoms with van der Waals surface area (Å²) in [6.07, 6.45) is 19.6. The van der Waals surface area contributed by atoms with Gasteiger partial charge in [0.05, 0.1) is 12.2 Å². The zero-order valence-electron chi connectivity index (χ0n) is 22.8. The van der Waals surface area contributed by atoms with Gasteiger partial charge in [0, 0.05) is 12.8 Å². The molecular weight excluding hydrogens is 448 g/mol. The topological polar surface area (TPSA) is 66.8 Å². The van der Waals surface area contributed by atoms with E-state index in [4.69, 9.17) is 4.74 Å². The van der Waals surface area contributed by atoms with Gasteiger partial charge in [-0.1, -0.05) is 57.6 Å². The lowest BCUT2D eigenvalue weighted by Crippen LogP contribution is -2.35. The number of allylic oxidation sites excluding steroid dienone is 4. The Labute approximate surface area is 218 Å². The molecule has 4 heteroatoms. The predicted molar refractivity (Wildman–Crippen MR) is 145 cm³/mol. The maximum atomic E-state index is 12.3. The van der Waals surface area contributed by atoms with E-state index < -0.39 is 12.2 Å². The number of aliphatic hydroxyl groups is 2. The highest BCUT2D eigenvalue weighted by Crippen LogP contribution is 2.59. The number of carbonyl (C=O) groups is 1. The van der Waals surface area contributed by atoms with Crippen LogP contribution in [0.3, 0.4) is 0 Å². The van der Waals surface area contributed by atoms with Crippen LogP contribution in [0.25, 0.3) is 0 Å². The van der Waals surface area contributed by atoms with Crippen LogP contribution in [0.1, 0.15) is 97.8 Å². The maximum Gasteiger partial charge on any atom is 0.306 e. The van der Waals surface area contributed by atoms with Crippen molar-refractivity contribution in [3.8, 4) is 0 Å². The van der Waals surface area contributed by atoms with E-state index in [1.165, 1.54) is 31.3 Å². The van der Waals surface area contributed by atoms with Gasteiger partial charge in [0.25, 0.3) is 0 Å². The number of aliphatic hydroxyl groups excluding tert-OH is 2. The van der Waals surface area contributed by atoms with Crippen molar-refractivity contribution in [2.75, 3.05) is 0 Å². The first-order valence-electron chi connectivity index (χ1n) is 14.6. The second kappa shape index (κ2) is 11.8. The molecule has 2 N–H and O–H groups in total. The van der Waals surface area contributed by atoms with Crippen molar-refractivity contribution in [1.29, 1.82) is 0 Å². The molecule has 4 aliphatic rings. The molecule has 0 unspecified atom stereocenters. The van der Waals surface area contributed by atoms with Gasteiger partial charge in [-0.2, -0.15) is 0 Å².